The number of hydrogen-bond donors (Lipinski definition) is 0. The van der Waals surface area contributed by atoms with Crippen molar-refractivity contribution in [2.24, 2.45) is 35.0 Å². The fourth-order valence-corrected chi connectivity index (χ4v) is 10.9. The minimum atomic E-state index is -0.0592. The summed E-state index contributed by atoms with van der Waals surface area (Å²) >= 11 is 0. The summed E-state index contributed by atoms with van der Waals surface area (Å²) in [7, 11) is 0. The van der Waals surface area contributed by atoms with Crippen LogP contribution in [0.15, 0.2) is 78.4 Å². The van der Waals surface area contributed by atoms with Crippen molar-refractivity contribution in [3.63, 3.8) is 0 Å². The van der Waals surface area contributed by atoms with Gasteiger partial charge >= 0.3 is 0 Å². The molecule has 9 atom stereocenters. The van der Waals surface area contributed by atoms with Crippen molar-refractivity contribution in [2.45, 2.75) is 116 Å². The number of carbonyl (C=O) groups excluding carboxylic acids is 1. The second kappa shape index (κ2) is 12.7. The lowest BCUT2D eigenvalue weighted by Gasteiger charge is -2.45. The molecule has 0 unspecified atom stereocenters. The van der Waals surface area contributed by atoms with Crippen LogP contribution >= 0.6 is 0 Å². The van der Waals surface area contributed by atoms with Crippen molar-refractivity contribution >= 4 is 5.78 Å². The predicted octanol–water partition coefficient (Wildman–Crippen LogP) is 9.94. The van der Waals surface area contributed by atoms with Crippen LogP contribution in [0.25, 0.3) is 0 Å². The van der Waals surface area contributed by atoms with E-state index in [1.165, 1.54) is 56.6 Å². The van der Waals surface area contributed by atoms with Gasteiger partial charge < -0.3 is 9.47 Å². The van der Waals surface area contributed by atoms with Gasteiger partial charge in [0.25, 0.3) is 0 Å². The van der Waals surface area contributed by atoms with Crippen LogP contribution in [-0.2, 0) is 16.1 Å². The second-order valence-corrected chi connectivity index (χ2v) is 16.1. The number of allylic oxidation sites excluding steroid dienone is 2. The number of piperidine rings is 1. The molecule has 7 rings (SSSR count). The first-order valence-corrected chi connectivity index (χ1v) is 18.3. The van der Waals surface area contributed by atoms with Gasteiger partial charge in [0.15, 0.2) is 5.78 Å². The van der Waals surface area contributed by atoms with Crippen LogP contribution in [0, 0.1) is 35.0 Å². The van der Waals surface area contributed by atoms with Crippen LogP contribution in [0.3, 0.4) is 0 Å². The highest BCUT2D eigenvalue weighted by molar-refractivity contribution is 5.89. The summed E-state index contributed by atoms with van der Waals surface area (Å²) in [5, 5.41) is 0. The van der Waals surface area contributed by atoms with Crippen LogP contribution in [0.4, 0.5) is 0 Å². The van der Waals surface area contributed by atoms with Crippen LogP contribution < -0.4 is 4.74 Å². The zero-order valence-corrected chi connectivity index (χ0v) is 28.7. The number of ketones is 1. The third-order valence-corrected chi connectivity index (χ3v) is 13.3. The van der Waals surface area contributed by atoms with E-state index in [1.54, 1.807) is 11.1 Å². The fraction of sp³-hybridized carbons (Fsp3) is 0.595. The molecule has 2 saturated heterocycles. The van der Waals surface area contributed by atoms with E-state index in [9.17, 15) is 4.79 Å². The third-order valence-electron chi connectivity index (χ3n) is 13.3. The van der Waals surface area contributed by atoms with Gasteiger partial charge in [0, 0.05) is 31.5 Å². The summed E-state index contributed by atoms with van der Waals surface area (Å²) in [5.41, 5.74) is 4.95. The standard InChI is InChI=1S/C42H55NO3/c1-6-32(44)18-21-41(5)20-10-13-36-35-19-22-42(25-29(3)37(35)24-38(36)41)30(4)40-39(46-42)23-28(2)26-43(40)27-31-14-16-34(17-15-31)45-33-11-8-7-9-12-33/h6-9,11-12,14-17,28,30,35-36,38-40H,1,10,13,18-27H2,2-5H3/t28-,30+,35-,36-,38-,39+,40-,41+,42-/m0/s1. The summed E-state index contributed by atoms with van der Waals surface area (Å²) in [5.74, 6) is 5.27. The molecule has 2 saturated carbocycles. The summed E-state index contributed by atoms with van der Waals surface area (Å²) in [6.07, 6.45) is 13.4. The van der Waals surface area contributed by atoms with Gasteiger partial charge in [-0.2, -0.15) is 0 Å². The molecule has 246 valence electrons. The Morgan fingerprint density at radius 2 is 1.83 bits per heavy atom. The maximum Gasteiger partial charge on any atom is 0.155 e. The highest BCUT2D eigenvalue weighted by atomic mass is 16.5. The van der Waals surface area contributed by atoms with Crippen molar-refractivity contribution in [3.05, 3.63) is 84.0 Å². The lowest BCUT2D eigenvalue weighted by Crippen LogP contribution is -2.51. The number of fused-ring (bicyclic) bond motifs is 4. The topological polar surface area (TPSA) is 38.8 Å². The Balaban J connectivity index is 1.07. The maximum absolute atomic E-state index is 12.2. The summed E-state index contributed by atoms with van der Waals surface area (Å²) in [4.78, 5) is 14.9. The van der Waals surface area contributed by atoms with E-state index in [2.05, 4.69) is 63.4 Å². The van der Waals surface area contributed by atoms with E-state index in [4.69, 9.17) is 9.47 Å². The molecule has 2 heterocycles. The first kappa shape index (κ1) is 31.9. The Hall–Kier alpha value is -2.69. The lowest BCUT2D eigenvalue weighted by atomic mass is 9.60. The van der Waals surface area contributed by atoms with Gasteiger partial charge in [0.05, 0.1) is 11.7 Å². The first-order chi connectivity index (χ1) is 22.2. The number of ether oxygens (including phenoxy) is 2. The molecule has 0 bridgehead atoms. The molecular formula is C42H55NO3. The number of likely N-dealkylation sites (tertiary alicyclic amines) is 1. The van der Waals surface area contributed by atoms with Gasteiger partial charge in [0.2, 0.25) is 0 Å². The molecule has 1 spiro atoms. The number of rotatable bonds is 8. The van der Waals surface area contributed by atoms with Gasteiger partial charge in [-0.1, -0.05) is 75.2 Å². The maximum atomic E-state index is 12.2. The van der Waals surface area contributed by atoms with E-state index in [1.807, 2.05) is 30.3 Å². The first-order valence-electron chi connectivity index (χ1n) is 18.3. The molecule has 0 radical (unpaired) electrons. The zero-order valence-electron chi connectivity index (χ0n) is 28.7. The molecule has 46 heavy (non-hydrogen) atoms. The molecule has 0 aromatic heterocycles. The number of carbonyl (C=O) groups is 1. The minimum Gasteiger partial charge on any atom is -0.457 e. The van der Waals surface area contributed by atoms with E-state index >= 15 is 0 Å². The number of benzene rings is 2. The van der Waals surface area contributed by atoms with E-state index in [0.29, 0.717) is 42.2 Å². The summed E-state index contributed by atoms with van der Waals surface area (Å²) in [6.45, 7) is 15.7. The van der Waals surface area contributed by atoms with E-state index in [0.717, 1.165) is 43.3 Å². The van der Waals surface area contributed by atoms with Gasteiger partial charge in [0.1, 0.15) is 11.5 Å². The SMILES string of the molecule is C=CC(=O)CC[C@@]1(C)CCC[C@H]2[C@@H]3CC[C@@]4(CC(C)=C3C[C@@H]21)O[C@@H]1C[C@H](C)CN(Cc2ccc(Oc3ccccc3)cc2)[C@H]1[C@H]4C. The van der Waals surface area contributed by atoms with Gasteiger partial charge in [-0.25, -0.2) is 0 Å². The monoisotopic (exact) mass is 621 g/mol. The zero-order chi connectivity index (χ0) is 32.1. The van der Waals surface area contributed by atoms with Crippen molar-refractivity contribution < 1.29 is 14.3 Å². The van der Waals surface area contributed by atoms with E-state index in [-0.39, 0.29) is 16.8 Å². The lowest BCUT2D eigenvalue weighted by molar-refractivity contribution is -0.115. The molecular weight excluding hydrogens is 566 g/mol. The summed E-state index contributed by atoms with van der Waals surface area (Å²) < 4.78 is 13.4. The number of hydrogen-bond acceptors (Lipinski definition) is 4. The minimum absolute atomic E-state index is 0.0592. The number of nitrogens with zero attached hydrogens (tertiary/aromatic N) is 1. The largest absolute Gasteiger partial charge is 0.457 e. The Morgan fingerprint density at radius 3 is 2.59 bits per heavy atom. The molecule has 2 aromatic rings. The smallest absolute Gasteiger partial charge is 0.155 e. The van der Waals surface area contributed by atoms with Crippen molar-refractivity contribution in [3.8, 4) is 11.5 Å². The summed E-state index contributed by atoms with van der Waals surface area (Å²) in [6, 6.07) is 19.2. The van der Waals surface area contributed by atoms with Crippen LogP contribution in [-0.4, -0.2) is 35.0 Å². The van der Waals surface area contributed by atoms with Crippen LogP contribution in [0.1, 0.15) is 97.5 Å². The molecule has 2 aromatic carbocycles. The van der Waals surface area contributed by atoms with Crippen molar-refractivity contribution in [1.29, 1.82) is 0 Å². The highest BCUT2D eigenvalue weighted by Crippen LogP contribution is 2.62. The molecule has 4 nitrogen and oxygen atoms in total. The van der Waals surface area contributed by atoms with Crippen molar-refractivity contribution in [1.82, 2.24) is 4.90 Å². The number of para-hydroxylation sites is 1. The second-order valence-electron chi connectivity index (χ2n) is 16.1. The third kappa shape index (κ3) is 5.94. The Morgan fingerprint density at radius 1 is 1.07 bits per heavy atom. The Kier molecular flexibility index (Phi) is 8.82. The molecule has 0 N–H and O–H groups in total. The average Bonchev–Trinajstić information content (AvgIpc) is 3.51. The van der Waals surface area contributed by atoms with Crippen LogP contribution in [0.5, 0.6) is 11.5 Å². The normalized spacial score (nSPS) is 37.3. The molecule has 0 amide bonds. The molecule has 4 heteroatoms. The van der Waals surface area contributed by atoms with Gasteiger partial charge in [-0.05, 0) is 123 Å². The van der Waals surface area contributed by atoms with E-state index < -0.39 is 0 Å². The molecule has 2 aliphatic heterocycles. The van der Waals surface area contributed by atoms with Crippen LogP contribution in [0.2, 0.25) is 0 Å². The fourth-order valence-electron chi connectivity index (χ4n) is 10.9. The predicted molar refractivity (Wildman–Crippen MR) is 186 cm³/mol. The highest BCUT2D eigenvalue weighted by Gasteiger charge is 2.58. The molecule has 5 aliphatic rings. The molecule has 4 fully saturated rings. The van der Waals surface area contributed by atoms with Gasteiger partial charge in [-0.15, -0.1) is 0 Å². The Bertz CT molecular complexity index is 1450. The van der Waals surface area contributed by atoms with Crippen molar-refractivity contribution in [2.75, 3.05) is 6.54 Å². The Labute approximate surface area is 277 Å². The average molecular weight is 622 g/mol. The van der Waals surface area contributed by atoms with Gasteiger partial charge in [-0.3, -0.25) is 9.69 Å². The quantitative estimate of drug-likeness (QED) is 0.217. The molecule has 3 aliphatic carbocycles.